The van der Waals surface area contributed by atoms with E-state index in [2.05, 4.69) is 16.4 Å². The molecule has 2 N–H and O–H groups in total. The Kier molecular flexibility index (Phi) is 3.37. The largest absolute Gasteiger partial charge is 0.478 e. The van der Waals surface area contributed by atoms with Crippen molar-refractivity contribution < 1.29 is 9.90 Å². The zero-order chi connectivity index (χ0) is 13.9. The molecule has 1 aromatic heterocycles. The number of aromatic nitrogens is 1. The molecule has 0 saturated carbocycles. The van der Waals surface area contributed by atoms with Gasteiger partial charge in [0.2, 0.25) is 0 Å². The van der Waals surface area contributed by atoms with Crippen molar-refractivity contribution in [3.05, 3.63) is 59.4 Å². The lowest BCUT2D eigenvalue weighted by Crippen LogP contribution is -2.19. The maximum atomic E-state index is 11.0. The third kappa shape index (κ3) is 2.50. The molecule has 0 aliphatic heterocycles. The summed E-state index contributed by atoms with van der Waals surface area (Å²) in [6.45, 7) is 0. The van der Waals surface area contributed by atoms with E-state index in [-0.39, 0.29) is 6.04 Å². The molecule has 20 heavy (non-hydrogen) atoms. The summed E-state index contributed by atoms with van der Waals surface area (Å²) in [5.41, 5.74) is 3.49. The molecular weight excluding hydrogens is 252 g/mol. The van der Waals surface area contributed by atoms with Crippen molar-refractivity contribution in [3.8, 4) is 0 Å². The maximum absolute atomic E-state index is 11.0. The first-order chi connectivity index (χ1) is 9.74. The van der Waals surface area contributed by atoms with Crippen LogP contribution in [0.15, 0.2) is 42.6 Å². The zero-order valence-corrected chi connectivity index (χ0v) is 11.0. The molecule has 2 aromatic rings. The number of aryl methyl sites for hydroxylation is 1. The minimum atomic E-state index is -0.907. The molecule has 0 spiro atoms. The summed E-state index contributed by atoms with van der Waals surface area (Å²) < 4.78 is 0. The van der Waals surface area contributed by atoms with Crippen LogP contribution >= 0.6 is 0 Å². The molecule has 1 aromatic carbocycles. The van der Waals surface area contributed by atoms with Gasteiger partial charge in [0, 0.05) is 11.9 Å². The Bertz CT molecular complexity index is 640. The SMILES string of the molecule is O=C(O)c1cccc(NC2CCCc3cccnc32)c1. The monoisotopic (exact) mass is 268 g/mol. The Morgan fingerprint density at radius 3 is 3.05 bits per heavy atom. The number of carboxylic acids is 1. The van der Waals surface area contributed by atoms with Gasteiger partial charge < -0.3 is 10.4 Å². The highest BCUT2D eigenvalue weighted by atomic mass is 16.4. The minimum Gasteiger partial charge on any atom is -0.478 e. The molecule has 1 unspecified atom stereocenters. The molecule has 0 amide bonds. The highest BCUT2D eigenvalue weighted by Crippen LogP contribution is 2.30. The highest BCUT2D eigenvalue weighted by Gasteiger charge is 2.21. The van der Waals surface area contributed by atoms with Crippen molar-refractivity contribution in [2.45, 2.75) is 25.3 Å². The number of pyridine rings is 1. The second-order valence-corrected chi connectivity index (χ2v) is 5.02. The van der Waals surface area contributed by atoms with Gasteiger partial charge >= 0.3 is 5.97 Å². The topological polar surface area (TPSA) is 62.2 Å². The van der Waals surface area contributed by atoms with Gasteiger partial charge in [0.25, 0.3) is 0 Å². The molecule has 1 aliphatic rings. The molecule has 1 aliphatic carbocycles. The normalized spacial score (nSPS) is 17.3. The summed E-state index contributed by atoms with van der Waals surface area (Å²) in [5.74, 6) is -0.907. The number of aromatic carboxylic acids is 1. The van der Waals surface area contributed by atoms with Crippen LogP contribution in [0.5, 0.6) is 0 Å². The van der Waals surface area contributed by atoms with Gasteiger partial charge in [0.05, 0.1) is 17.3 Å². The number of rotatable bonds is 3. The van der Waals surface area contributed by atoms with E-state index < -0.39 is 5.97 Å². The van der Waals surface area contributed by atoms with Crippen molar-refractivity contribution in [1.82, 2.24) is 4.98 Å². The van der Waals surface area contributed by atoms with Crippen molar-refractivity contribution in [3.63, 3.8) is 0 Å². The van der Waals surface area contributed by atoms with Crippen LogP contribution in [-0.4, -0.2) is 16.1 Å². The van der Waals surface area contributed by atoms with E-state index in [1.54, 1.807) is 18.2 Å². The molecule has 1 atom stereocenters. The second-order valence-electron chi connectivity index (χ2n) is 5.02. The Labute approximate surface area is 117 Å². The van der Waals surface area contributed by atoms with Gasteiger partial charge in [0.1, 0.15) is 0 Å². The first-order valence-electron chi connectivity index (χ1n) is 6.78. The van der Waals surface area contributed by atoms with Crippen molar-refractivity contribution in [2.24, 2.45) is 0 Å². The van der Waals surface area contributed by atoms with Gasteiger partial charge in [0.15, 0.2) is 0 Å². The lowest BCUT2D eigenvalue weighted by atomic mass is 9.91. The van der Waals surface area contributed by atoms with Crippen LogP contribution in [0.2, 0.25) is 0 Å². The molecule has 4 nitrogen and oxygen atoms in total. The van der Waals surface area contributed by atoms with E-state index in [9.17, 15) is 4.79 Å². The van der Waals surface area contributed by atoms with Gasteiger partial charge in [-0.15, -0.1) is 0 Å². The molecule has 0 fully saturated rings. The van der Waals surface area contributed by atoms with Crippen LogP contribution in [0.25, 0.3) is 0 Å². The fourth-order valence-electron chi connectivity index (χ4n) is 2.69. The van der Waals surface area contributed by atoms with Gasteiger partial charge in [-0.3, -0.25) is 4.98 Å². The number of nitrogens with zero attached hydrogens (tertiary/aromatic N) is 1. The third-order valence-corrected chi connectivity index (χ3v) is 3.65. The Balaban J connectivity index is 1.85. The fourth-order valence-corrected chi connectivity index (χ4v) is 2.69. The number of nitrogens with one attached hydrogen (secondary N) is 1. The lowest BCUT2D eigenvalue weighted by Gasteiger charge is -2.26. The van der Waals surface area contributed by atoms with Crippen molar-refractivity contribution in [2.75, 3.05) is 5.32 Å². The molecule has 0 radical (unpaired) electrons. The summed E-state index contributed by atoms with van der Waals surface area (Å²) in [6.07, 6.45) is 5.01. The first kappa shape index (κ1) is 12.7. The summed E-state index contributed by atoms with van der Waals surface area (Å²) in [4.78, 5) is 15.5. The summed E-state index contributed by atoms with van der Waals surface area (Å²) >= 11 is 0. The number of hydrogen-bond donors (Lipinski definition) is 2. The Hall–Kier alpha value is -2.36. The van der Waals surface area contributed by atoms with Crippen LogP contribution in [0.1, 0.15) is 40.5 Å². The Morgan fingerprint density at radius 2 is 2.20 bits per heavy atom. The second kappa shape index (κ2) is 5.33. The lowest BCUT2D eigenvalue weighted by molar-refractivity contribution is 0.0697. The molecule has 4 heteroatoms. The van der Waals surface area contributed by atoms with Crippen LogP contribution in [0, 0.1) is 0 Å². The fraction of sp³-hybridized carbons (Fsp3) is 0.250. The number of fused-ring (bicyclic) bond motifs is 1. The molecule has 0 saturated heterocycles. The summed E-state index contributed by atoms with van der Waals surface area (Å²) in [5, 5.41) is 12.4. The molecule has 1 heterocycles. The van der Waals surface area contributed by atoms with Gasteiger partial charge in [-0.1, -0.05) is 12.1 Å². The minimum absolute atomic E-state index is 0.156. The first-order valence-corrected chi connectivity index (χ1v) is 6.78. The predicted molar refractivity (Wildman–Crippen MR) is 76.9 cm³/mol. The van der Waals surface area contributed by atoms with E-state index in [1.165, 1.54) is 5.56 Å². The van der Waals surface area contributed by atoms with E-state index in [0.29, 0.717) is 5.56 Å². The zero-order valence-electron chi connectivity index (χ0n) is 11.0. The molecule has 102 valence electrons. The summed E-state index contributed by atoms with van der Waals surface area (Å²) in [6, 6.07) is 11.2. The molecule has 3 rings (SSSR count). The van der Waals surface area contributed by atoms with Crippen molar-refractivity contribution >= 4 is 11.7 Å². The maximum Gasteiger partial charge on any atom is 0.335 e. The summed E-state index contributed by atoms with van der Waals surface area (Å²) in [7, 11) is 0. The number of carbonyl (C=O) groups is 1. The smallest absolute Gasteiger partial charge is 0.335 e. The van der Waals surface area contributed by atoms with Crippen LogP contribution < -0.4 is 5.32 Å². The number of carboxylic acid groups (broad SMARTS) is 1. The van der Waals surface area contributed by atoms with E-state index in [1.807, 2.05) is 18.3 Å². The molecular formula is C16H16N2O2. The van der Waals surface area contributed by atoms with Crippen molar-refractivity contribution in [1.29, 1.82) is 0 Å². The van der Waals surface area contributed by atoms with Crippen LogP contribution in [0.3, 0.4) is 0 Å². The Morgan fingerprint density at radius 1 is 1.30 bits per heavy atom. The van der Waals surface area contributed by atoms with E-state index >= 15 is 0 Å². The standard InChI is InChI=1S/C16H16N2O2/c19-16(20)12-5-1-7-13(10-12)18-14-8-2-4-11-6-3-9-17-15(11)14/h1,3,5-7,9-10,14,18H,2,4,8H2,(H,19,20). The number of hydrogen-bond acceptors (Lipinski definition) is 3. The quantitative estimate of drug-likeness (QED) is 0.896. The highest BCUT2D eigenvalue weighted by molar-refractivity contribution is 5.88. The number of benzene rings is 1. The van der Waals surface area contributed by atoms with Crippen LogP contribution in [0.4, 0.5) is 5.69 Å². The van der Waals surface area contributed by atoms with Gasteiger partial charge in [-0.2, -0.15) is 0 Å². The molecule has 0 bridgehead atoms. The van der Waals surface area contributed by atoms with Crippen LogP contribution in [-0.2, 0) is 6.42 Å². The third-order valence-electron chi connectivity index (χ3n) is 3.65. The number of anilines is 1. The average Bonchev–Trinajstić information content (AvgIpc) is 2.48. The van der Waals surface area contributed by atoms with Gasteiger partial charge in [-0.05, 0) is 49.1 Å². The predicted octanol–water partition coefficient (Wildman–Crippen LogP) is 3.27. The van der Waals surface area contributed by atoms with E-state index in [4.69, 9.17) is 5.11 Å². The van der Waals surface area contributed by atoms with Gasteiger partial charge in [-0.25, -0.2) is 4.79 Å². The van der Waals surface area contributed by atoms with E-state index in [0.717, 1.165) is 30.6 Å². The average molecular weight is 268 g/mol.